The van der Waals surface area contributed by atoms with Gasteiger partial charge in [-0.05, 0) is 67.4 Å². The second-order valence-electron chi connectivity index (χ2n) is 13.4. The third-order valence-corrected chi connectivity index (χ3v) is 10.3. The Bertz CT molecular complexity index is 1960. The van der Waals surface area contributed by atoms with Crippen molar-refractivity contribution in [1.82, 2.24) is 10.6 Å². The molecular formula is C50H42N2. The van der Waals surface area contributed by atoms with Crippen molar-refractivity contribution >= 4 is 10.8 Å². The molecule has 0 aliphatic rings. The van der Waals surface area contributed by atoms with E-state index in [1.54, 1.807) is 0 Å². The van der Waals surface area contributed by atoms with Gasteiger partial charge in [-0.1, -0.05) is 206 Å². The molecule has 2 nitrogen and oxygen atoms in total. The van der Waals surface area contributed by atoms with Crippen molar-refractivity contribution in [3.63, 3.8) is 0 Å². The fourth-order valence-electron chi connectivity index (χ4n) is 7.78. The van der Waals surface area contributed by atoms with Gasteiger partial charge in [-0.3, -0.25) is 10.6 Å². The monoisotopic (exact) mass is 670 g/mol. The van der Waals surface area contributed by atoms with E-state index in [9.17, 15) is 0 Å². The largest absolute Gasteiger partial charge is 0.296 e. The lowest BCUT2D eigenvalue weighted by Gasteiger charge is -2.37. The molecule has 8 rings (SSSR count). The van der Waals surface area contributed by atoms with Crippen LogP contribution in [0.15, 0.2) is 218 Å². The zero-order valence-electron chi connectivity index (χ0n) is 29.2. The maximum Gasteiger partial charge on any atom is 0.0950 e. The van der Waals surface area contributed by atoms with Gasteiger partial charge < -0.3 is 0 Å². The minimum absolute atomic E-state index is 0.528. The number of nitrogens with one attached hydrogen (secondary N) is 2. The molecule has 0 saturated heterocycles. The van der Waals surface area contributed by atoms with Crippen LogP contribution in [0.2, 0.25) is 0 Å². The maximum atomic E-state index is 4.06. The van der Waals surface area contributed by atoms with Crippen LogP contribution in [0.1, 0.15) is 44.5 Å². The number of benzene rings is 8. The second-order valence-corrected chi connectivity index (χ2v) is 13.4. The molecule has 2 heteroatoms. The summed E-state index contributed by atoms with van der Waals surface area (Å²) in [6.45, 7) is 1.38. The minimum Gasteiger partial charge on any atom is -0.296 e. The number of hydrogen-bond donors (Lipinski definition) is 2. The minimum atomic E-state index is -0.528. The number of fused-ring (bicyclic) bond motifs is 1. The van der Waals surface area contributed by atoms with Crippen LogP contribution in [0.25, 0.3) is 10.8 Å². The van der Waals surface area contributed by atoms with E-state index in [1.807, 2.05) is 0 Å². The van der Waals surface area contributed by atoms with Gasteiger partial charge >= 0.3 is 0 Å². The Morgan fingerprint density at radius 3 is 0.769 bits per heavy atom. The third-order valence-electron chi connectivity index (χ3n) is 10.3. The Hall–Kier alpha value is -6.06. The van der Waals surface area contributed by atoms with Gasteiger partial charge in [0, 0.05) is 13.1 Å². The Balaban J connectivity index is 1.14. The zero-order valence-corrected chi connectivity index (χ0v) is 29.2. The topological polar surface area (TPSA) is 24.1 Å². The highest BCUT2D eigenvalue weighted by molar-refractivity contribution is 5.84. The van der Waals surface area contributed by atoms with Gasteiger partial charge in [0.2, 0.25) is 0 Å². The summed E-state index contributed by atoms with van der Waals surface area (Å²) in [5, 5.41) is 10.6. The first kappa shape index (κ1) is 33.1. The lowest BCUT2D eigenvalue weighted by molar-refractivity contribution is 0.470. The summed E-state index contributed by atoms with van der Waals surface area (Å²) in [7, 11) is 0. The smallest absolute Gasteiger partial charge is 0.0950 e. The van der Waals surface area contributed by atoms with Crippen LogP contribution >= 0.6 is 0 Å². The van der Waals surface area contributed by atoms with E-state index in [0.717, 1.165) is 0 Å². The molecule has 8 aromatic carbocycles. The van der Waals surface area contributed by atoms with Gasteiger partial charge in [0.25, 0.3) is 0 Å². The summed E-state index contributed by atoms with van der Waals surface area (Å²) in [5.74, 6) is 0. The molecule has 52 heavy (non-hydrogen) atoms. The van der Waals surface area contributed by atoms with Gasteiger partial charge in [-0.2, -0.15) is 0 Å². The van der Waals surface area contributed by atoms with Crippen LogP contribution in [-0.2, 0) is 24.2 Å². The van der Waals surface area contributed by atoms with E-state index < -0.39 is 11.1 Å². The van der Waals surface area contributed by atoms with E-state index in [0.29, 0.717) is 13.1 Å². The molecule has 0 amide bonds. The van der Waals surface area contributed by atoms with Crippen molar-refractivity contribution in [3.05, 3.63) is 263 Å². The maximum absolute atomic E-state index is 4.06. The average molecular weight is 671 g/mol. The van der Waals surface area contributed by atoms with E-state index in [1.165, 1.54) is 55.3 Å². The van der Waals surface area contributed by atoms with Crippen molar-refractivity contribution in [2.24, 2.45) is 0 Å². The zero-order chi connectivity index (χ0) is 35.1. The van der Waals surface area contributed by atoms with Crippen LogP contribution < -0.4 is 10.6 Å². The van der Waals surface area contributed by atoms with E-state index in [2.05, 4.69) is 229 Å². The predicted molar refractivity (Wildman–Crippen MR) is 216 cm³/mol. The van der Waals surface area contributed by atoms with Crippen LogP contribution in [0.5, 0.6) is 0 Å². The summed E-state index contributed by atoms with van der Waals surface area (Å²) < 4.78 is 0. The molecule has 0 radical (unpaired) electrons. The predicted octanol–water partition coefficient (Wildman–Crippen LogP) is 11.0. The van der Waals surface area contributed by atoms with Gasteiger partial charge in [-0.25, -0.2) is 0 Å². The van der Waals surface area contributed by atoms with Crippen LogP contribution in [0.4, 0.5) is 0 Å². The van der Waals surface area contributed by atoms with Crippen molar-refractivity contribution in [1.29, 1.82) is 0 Å². The molecule has 2 N–H and O–H groups in total. The van der Waals surface area contributed by atoms with Gasteiger partial charge in [-0.15, -0.1) is 0 Å². The molecule has 0 aliphatic heterocycles. The fourth-order valence-corrected chi connectivity index (χ4v) is 7.78. The highest BCUT2D eigenvalue weighted by Gasteiger charge is 2.37. The highest BCUT2D eigenvalue weighted by atomic mass is 15.0. The van der Waals surface area contributed by atoms with Gasteiger partial charge in [0.1, 0.15) is 0 Å². The van der Waals surface area contributed by atoms with Crippen LogP contribution in [-0.4, -0.2) is 0 Å². The molecular weight excluding hydrogens is 629 g/mol. The molecule has 0 saturated carbocycles. The average Bonchev–Trinajstić information content (AvgIpc) is 3.23. The molecule has 0 fully saturated rings. The third kappa shape index (κ3) is 6.47. The van der Waals surface area contributed by atoms with Crippen molar-refractivity contribution in [2.75, 3.05) is 0 Å². The van der Waals surface area contributed by atoms with Crippen molar-refractivity contribution in [3.8, 4) is 0 Å². The first-order valence-corrected chi connectivity index (χ1v) is 18.1. The molecule has 0 bridgehead atoms. The first-order chi connectivity index (χ1) is 25.8. The Kier molecular flexibility index (Phi) is 9.58. The molecule has 0 unspecified atom stereocenters. The molecule has 0 heterocycles. The summed E-state index contributed by atoms with van der Waals surface area (Å²) in [6, 6.07) is 78.5. The van der Waals surface area contributed by atoms with Crippen LogP contribution in [0, 0.1) is 0 Å². The number of hydrogen-bond acceptors (Lipinski definition) is 2. The SMILES string of the molecule is c1ccc(C(NCc2ccc3ccc(CNC(c4ccccc4)(c4ccccc4)c4ccccc4)cc3c2)(c2ccccc2)c2ccccc2)cc1. The summed E-state index contributed by atoms with van der Waals surface area (Å²) in [6.07, 6.45) is 0. The lowest BCUT2D eigenvalue weighted by Crippen LogP contribution is -2.44. The quantitative estimate of drug-likeness (QED) is 0.126. The van der Waals surface area contributed by atoms with Crippen molar-refractivity contribution in [2.45, 2.75) is 24.2 Å². The molecule has 252 valence electrons. The lowest BCUT2D eigenvalue weighted by atomic mass is 9.77. The van der Waals surface area contributed by atoms with Crippen molar-refractivity contribution < 1.29 is 0 Å². The Morgan fingerprint density at radius 1 is 0.269 bits per heavy atom. The van der Waals surface area contributed by atoms with E-state index >= 15 is 0 Å². The fraction of sp³-hybridized carbons (Fsp3) is 0.0800. The summed E-state index contributed by atoms with van der Waals surface area (Å²) in [5.41, 5.74) is 8.66. The summed E-state index contributed by atoms with van der Waals surface area (Å²) >= 11 is 0. The highest BCUT2D eigenvalue weighted by Crippen LogP contribution is 2.39. The number of rotatable bonds is 12. The second kappa shape index (κ2) is 15.0. The standard InChI is InChI=1S/C50H42N2/c1-7-19-43(20-8-1)49(44-21-9-2-10-22-44,45-23-11-3-12-24-45)51-37-39-31-33-41-34-32-40(36-42(41)35-39)38-52-50(46-25-13-4-14-26-46,47-27-15-5-16-28-47)48-29-17-6-18-30-48/h1-36,51-52H,37-38H2. The molecule has 0 atom stereocenters. The normalized spacial score (nSPS) is 11.8. The van der Waals surface area contributed by atoms with Crippen LogP contribution in [0.3, 0.4) is 0 Å². The Morgan fingerprint density at radius 2 is 0.519 bits per heavy atom. The Labute approximate surface area is 307 Å². The first-order valence-electron chi connectivity index (χ1n) is 18.1. The molecule has 8 aromatic rings. The summed E-state index contributed by atoms with van der Waals surface area (Å²) in [4.78, 5) is 0. The van der Waals surface area contributed by atoms with Gasteiger partial charge in [0.05, 0.1) is 11.1 Å². The van der Waals surface area contributed by atoms with E-state index in [-0.39, 0.29) is 0 Å². The molecule has 0 aliphatic carbocycles. The molecule has 0 spiro atoms. The van der Waals surface area contributed by atoms with E-state index in [4.69, 9.17) is 0 Å². The molecule has 0 aromatic heterocycles. The van der Waals surface area contributed by atoms with Gasteiger partial charge in [0.15, 0.2) is 0 Å².